The van der Waals surface area contributed by atoms with Crippen molar-refractivity contribution in [2.24, 2.45) is 5.73 Å². The van der Waals surface area contributed by atoms with Crippen LogP contribution in [0.25, 0.3) is 0 Å². The summed E-state index contributed by atoms with van der Waals surface area (Å²) >= 11 is 6.16. The number of nitrogens with two attached hydrogens (primary N) is 1. The molecule has 1 amide bonds. The monoisotopic (exact) mass is 466 g/mol. The van der Waals surface area contributed by atoms with Gasteiger partial charge in [0.25, 0.3) is 0 Å². The number of amides is 1. The number of aromatic amines is 1. The Kier molecular flexibility index (Phi) is 12.2. The molecule has 32 heavy (non-hydrogen) atoms. The van der Waals surface area contributed by atoms with Gasteiger partial charge in [-0.2, -0.15) is 0 Å². The molecule has 1 aromatic carbocycles. The smallest absolute Gasteiger partial charge is 0.329 e. The Balaban J connectivity index is 0.000000920. The Morgan fingerprint density at radius 1 is 1.41 bits per heavy atom. The van der Waals surface area contributed by atoms with Crippen molar-refractivity contribution in [2.75, 3.05) is 19.8 Å². The second-order valence-corrected chi connectivity index (χ2v) is 6.70. The van der Waals surface area contributed by atoms with Crippen LogP contribution < -0.4 is 15.8 Å². The van der Waals surface area contributed by atoms with Crippen LogP contribution in [0.5, 0.6) is 5.75 Å². The first-order valence-corrected chi connectivity index (χ1v) is 10.1. The van der Waals surface area contributed by atoms with E-state index in [0.29, 0.717) is 22.9 Å². The molecule has 0 saturated heterocycles. The lowest BCUT2D eigenvalue weighted by atomic mass is 10.1. The average molecular weight is 467 g/mol. The van der Waals surface area contributed by atoms with E-state index in [9.17, 15) is 14.4 Å². The summed E-state index contributed by atoms with van der Waals surface area (Å²) in [7, 11) is 0. The Hall–Kier alpha value is -3.37. The van der Waals surface area contributed by atoms with Crippen molar-refractivity contribution in [3.05, 3.63) is 59.7 Å². The standard InChI is InChI=1S/C19H22ClN3O4.C2H5NO2/c1-3-7-27-17-6-5-13(8-15(17)20)9-18(24)23-16(19(25)26-4-2)10-14-11-21-12-22-14;3-1-2(4)5/h3,5-6,8,11-12,16H,1,4,7,9-10H2,2H3,(H,21,22)(H,23,24);1,3H2,(H,4,5)/t16-;/m0./s1. The first-order valence-electron chi connectivity index (χ1n) is 9.67. The predicted molar refractivity (Wildman–Crippen MR) is 118 cm³/mol. The molecule has 2 rings (SSSR count). The molecule has 0 saturated carbocycles. The fourth-order valence-electron chi connectivity index (χ4n) is 2.40. The molecule has 5 N–H and O–H groups in total. The van der Waals surface area contributed by atoms with Crippen LogP contribution in [-0.2, 0) is 32.0 Å². The normalized spacial score (nSPS) is 10.8. The van der Waals surface area contributed by atoms with Gasteiger partial charge in [0.05, 0.1) is 30.9 Å². The number of carbonyl (C=O) groups is 3. The van der Waals surface area contributed by atoms with Gasteiger partial charge in [-0.05, 0) is 24.6 Å². The summed E-state index contributed by atoms with van der Waals surface area (Å²) in [6.07, 6.45) is 5.06. The van der Waals surface area contributed by atoms with Gasteiger partial charge in [0.2, 0.25) is 5.91 Å². The highest BCUT2D eigenvalue weighted by molar-refractivity contribution is 6.32. The third kappa shape index (κ3) is 10.1. The first-order chi connectivity index (χ1) is 15.3. The van der Waals surface area contributed by atoms with Crippen LogP contribution in [0.4, 0.5) is 0 Å². The largest absolute Gasteiger partial charge is 0.488 e. The molecule has 0 aliphatic heterocycles. The molecule has 2 aromatic rings. The van der Waals surface area contributed by atoms with Gasteiger partial charge in [0, 0.05) is 18.3 Å². The first kappa shape index (κ1) is 26.7. The van der Waals surface area contributed by atoms with Gasteiger partial charge in [-0.1, -0.05) is 30.3 Å². The van der Waals surface area contributed by atoms with Crippen molar-refractivity contribution in [1.29, 1.82) is 0 Å². The molecule has 1 heterocycles. The summed E-state index contributed by atoms with van der Waals surface area (Å²) in [4.78, 5) is 40.6. The molecular formula is C21H27ClN4O6. The number of aromatic nitrogens is 2. The van der Waals surface area contributed by atoms with Gasteiger partial charge in [0.1, 0.15) is 18.4 Å². The highest BCUT2D eigenvalue weighted by Gasteiger charge is 2.23. The predicted octanol–water partition coefficient (Wildman–Crippen LogP) is 1.49. The third-order valence-corrected chi connectivity index (χ3v) is 4.07. The molecular weight excluding hydrogens is 440 g/mol. The van der Waals surface area contributed by atoms with E-state index in [1.165, 1.54) is 6.33 Å². The maximum absolute atomic E-state index is 12.4. The molecule has 11 heteroatoms. The summed E-state index contributed by atoms with van der Waals surface area (Å²) in [5.41, 5.74) is 6.00. The lowest BCUT2D eigenvalue weighted by Crippen LogP contribution is -2.44. The summed E-state index contributed by atoms with van der Waals surface area (Å²) in [5.74, 6) is -1.26. The molecule has 174 valence electrons. The number of H-pyrrole nitrogens is 1. The number of nitrogens with one attached hydrogen (secondary N) is 2. The van der Waals surface area contributed by atoms with Crippen LogP contribution in [0, 0.1) is 0 Å². The third-order valence-electron chi connectivity index (χ3n) is 3.78. The number of hydrogen-bond acceptors (Lipinski definition) is 7. The number of ether oxygens (including phenoxy) is 2. The van der Waals surface area contributed by atoms with Crippen LogP contribution in [0.3, 0.4) is 0 Å². The van der Waals surface area contributed by atoms with Crippen molar-refractivity contribution in [3.8, 4) is 5.75 Å². The van der Waals surface area contributed by atoms with Crippen LogP contribution in [0.1, 0.15) is 18.2 Å². The summed E-state index contributed by atoms with van der Waals surface area (Å²) < 4.78 is 10.4. The van der Waals surface area contributed by atoms with E-state index in [1.807, 2.05) is 0 Å². The van der Waals surface area contributed by atoms with Crippen molar-refractivity contribution in [1.82, 2.24) is 15.3 Å². The van der Waals surface area contributed by atoms with Gasteiger partial charge in [0.15, 0.2) is 0 Å². The SMILES string of the molecule is C=CCOc1ccc(CC(=O)N[C@@H](Cc2cnc[nH]2)C(=O)OCC)cc1Cl.NCC(=O)O. The average Bonchev–Trinajstić information content (AvgIpc) is 3.26. The fourth-order valence-corrected chi connectivity index (χ4v) is 2.66. The number of carboxylic acid groups (broad SMARTS) is 1. The van der Waals surface area contributed by atoms with Gasteiger partial charge in [-0.25, -0.2) is 9.78 Å². The lowest BCUT2D eigenvalue weighted by Gasteiger charge is -2.17. The number of nitrogens with zero attached hydrogens (tertiary/aromatic N) is 1. The van der Waals surface area contributed by atoms with Crippen molar-refractivity contribution in [3.63, 3.8) is 0 Å². The van der Waals surface area contributed by atoms with Crippen molar-refractivity contribution >= 4 is 29.4 Å². The minimum atomic E-state index is -0.968. The quantitative estimate of drug-likeness (QED) is 0.286. The molecule has 1 aromatic heterocycles. The highest BCUT2D eigenvalue weighted by Crippen LogP contribution is 2.25. The maximum Gasteiger partial charge on any atom is 0.329 e. The molecule has 0 aliphatic carbocycles. The Morgan fingerprint density at radius 3 is 2.66 bits per heavy atom. The van der Waals surface area contributed by atoms with Gasteiger partial charge < -0.3 is 30.6 Å². The molecule has 0 unspecified atom stereocenters. The number of aliphatic carboxylic acids is 1. The molecule has 0 radical (unpaired) electrons. The zero-order valence-electron chi connectivity index (χ0n) is 17.7. The van der Waals surface area contributed by atoms with E-state index in [-0.39, 0.29) is 31.9 Å². The van der Waals surface area contributed by atoms with E-state index in [1.54, 1.807) is 37.4 Å². The molecule has 10 nitrogen and oxygen atoms in total. The summed E-state index contributed by atoms with van der Waals surface area (Å²) in [6.45, 7) is 5.59. The number of rotatable bonds is 11. The van der Waals surface area contributed by atoms with Crippen molar-refractivity contribution in [2.45, 2.75) is 25.8 Å². The number of hydrogen-bond donors (Lipinski definition) is 4. The summed E-state index contributed by atoms with van der Waals surface area (Å²) in [5, 5.41) is 10.7. The molecule has 0 fully saturated rings. The minimum absolute atomic E-state index is 0.0698. The van der Waals surface area contributed by atoms with Crippen LogP contribution in [0.15, 0.2) is 43.4 Å². The number of carboxylic acids is 1. The molecule has 0 spiro atoms. The summed E-state index contributed by atoms with van der Waals surface area (Å²) in [6, 6.07) is 4.30. The number of halogens is 1. The number of esters is 1. The molecule has 0 bridgehead atoms. The lowest BCUT2D eigenvalue weighted by molar-refractivity contribution is -0.147. The Morgan fingerprint density at radius 2 is 2.12 bits per heavy atom. The maximum atomic E-state index is 12.4. The van der Waals surface area contributed by atoms with Crippen LogP contribution >= 0.6 is 11.6 Å². The van der Waals surface area contributed by atoms with Crippen LogP contribution in [-0.4, -0.2) is 58.7 Å². The fraction of sp³-hybridized carbons (Fsp3) is 0.333. The van der Waals surface area contributed by atoms with E-state index >= 15 is 0 Å². The second kappa shape index (κ2) is 14.6. The number of carbonyl (C=O) groups excluding carboxylic acids is 2. The second-order valence-electron chi connectivity index (χ2n) is 6.29. The minimum Gasteiger partial charge on any atom is -0.488 e. The highest BCUT2D eigenvalue weighted by atomic mass is 35.5. The molecule has 1 atom stereocenters. The van der Waals surface area contributed by atoms with Gasteiger partial charge in [-0.3, -0.25) is 9.59 Å². The van der Waals surface area contributed by atoms with E-state index in [0.717, 1.165) is 5.69 Å². The zero-order chi connectivity index (χ0) is 23.9. The van der Waals surface area contributed by atoms with Crippen LogP contribution in [0.2, 0.25) is 5.02 Å². The topological polar surface area (TPSA) is 157 Å². The van der Waals surface area contributed by atoms with E-state index < -0.39 is 18.0 Å². The Bertz CT molecular complexity index is 888. The van der Waals surface area contributed by atoms with Gasteiger partial charge >= 0.3 is 11.9 Å². The Labute approximate surface area is 190 Å². The van der Waals surface area contributed by atoms with E-state index in [4.69, 9.17) is 26.2 Å². The zero-order valence-corrected chi connectivity index (χ0v) is 18.4. The van der Waals surface area contributed by atoms with E-state index in [2.05, 4.69) is 27.6 Å². The van der Waals surface area contributed by atoms with Gasteiger partial charge in [-0.15, -0.1) is 0 Å². The molecule has 0 aliphatic rings. The number of benzene rings is 1. The number of imidazole rings is 1. The van der Waals surface area contributed by atoms with Crippen molar-refractivity contribution < 1.29 is 29.0 Å².